The monoisotopic (exact) mass is 329 g/mol. The lowest BCUT2D eigenvalue weighted by Crippen LogP contribution is -2.33. The minimum atomic E-state index is 0.0464. The molecule has 0 aliphatic carbocycles. The lowest BCUT2D eigenvalue weighted by Gasteiger charge is -2.26. The maximum atomic E-state index is 5.78. The molecule has 0 aromatic heterocycles. The zero-order valence-electron chi connectivity index (χ0n) is 11.5. The predicted octanol–water partition coefficient (Wildman–Crippen LogP) is 2.91. The van der Waals surface area contributed by atoms with E-state index in [0.717, 1.165) is 41.2 Å². The fourth-order valence-electron chi connectivity index (χ4n) is 2.07. The van der Waals surface area contributed by atoms with Gasteiger partial charge in [0.05, 0.1) is 25.9 Å². The van der Waals surface area contributed by atoms with Crippen LogP contribution in [0.4, 0.5) is 0 Å². The van der Waals surface area contributed by atoms with Crippen molar-refractivity contribution in [3.63, 3.8) is 0 Å². The summed E-state index contributed by atoms with van der Waals surface area (Å²) in [6, 6.07) is 3.94. The highest BCUT2D eigenvalue weighted by molar-refractivity contribution is 9.10. The molecule has 19 heavy (non-hydrogen) atoms. The summed E-state index contributed by atoms with van der Waals surface area (Å²) in [5.74, 6) is 1.48. The molecular formula is C14H20BrNO3. The third-order valence-corrected chi connectivity index (χ3v) is 3.61. The molecule has 1 atom stereocenters. The molecular weight excluding hydrogens is 310 g/mol. The molecule has 4 nitrogen and oxygen atoms in total. The number of methoxy groups -OCH3 is 1. The number of nitrogens with one attached hydrogen (secondary N) is 1. The Morgan fingerprint density at radius 2 is 2.16 bits per heavy atom. The van der Waals surface area contributed by atoms with Gasteiger partial charge in [-0.1, -0.05) is 15.9 Å². The Labute approximate surface area is 122 Å². The largest absolute Gasteiger partial charge is 0.493 e. The van der Waals surface area contributed by atoms with Crippen LogP contribution in [0.1, 0.15) is 25.5 Å². The first-order chi connectivity index (χ1) is 9.11. The molecule has 0 radical (unpaired) electrons. The molecule has 106 valence electrons. The van der Waals surface area contributed by atoms with Gasteiger partial charge in [0.25, 0.3) is 0 Å². The molecule has 5 heteroatoms. The van der Waals surface area contributed by atoms with Crippen molar-refractivity contribution in [3.05, 3.63) is 22.2 Å². The van der Waals surface area contributed by atoms with Gasteiger partial charge in [-0.05, 0) is 26.0 Å². The van der Waals surface area contributed by atoms with E-state index in [1.807, 2.05) is 26.0 Å². The summed E-state index contributed by atoms with van der Waals surface area (Å²) < 4.78 is 17.9. The van der Waals surface area contributed by atoms with Crippen LogP contribution in [-0.2, 0) is 4.74 Å². The Morgan fingerprint density at radius 3 is 2.74 bits per heavy atom. The number of hydrogen-bond donors (Lipinski definition) is 1. The molecule has 0 spiro atoms. The first kappa shape index (κ1) is 14.6. The Hall–Kier alpha value is -0.780. The zero-order chi connectivity index (χ0) is 13.8. The van der Waals surface area contributed by atoms with Gasteiger partial charge in [0, 0.05) is 23.1 Å². The standard InChI is InChI=1S/C14H20BrNO3/c1-9(2)19-13-7-11(15)10(6-12(13)17-3)14-8-16-4-5-18-14/h6-7,9,14,16H,4-5,8H2,1-3H3. The summed E-state index contributed by atoms with van der Waals surface area (Å²) in [7, 11) is 1.65. The maximum absolute atomic E-state index is 5.78. The van der Waals surface area contributed by atoms with Crippen LogP contribution in [0.5, 0.6) is 11.5 Å². The Kier molecular flexibility index (Phi) is 5.07. The van der Waals surface area contributed by atoms with Crippen molar-refractivity contribution in [2.45, 2.75) is 26.1 Å². The van der Waals surface area contributed by atoms with Crippen molar-refractivity contribution in [2.75, 3.05) is 26.8 Å². The van der Waals surface area contributed by atoms with Crippen LogP contribution in [0.15, 0.2) is 16.6 Å². The van der Waals surface area contributed by atoms with Crippen LogP contribution in [0.2, 0.25) is 0 Å². The van der Waals surface area contributed by atoms with Crippen molar-refractivity contribution in [3.8, 4) is 11.5 Å². The zero-order valence-corrected chi connectivity index (χ0v) is 13.1. The van der Waals surface area contributed by atoms with Crippen LogP contribution in [0.25, 0.3) is 0 Å². The molecule has 1 saturated heterocycles. The lowest BCUT2D eigenvalue weighted by atomic mass is 10.1. The molecule has 1 fully saturated rings. The van der Waals surface area contributed by atoms with E-state index in [2.05, 4.69) is 21.2 Å². The van der Waals surface area contributed by atoms with Crippen LogP contribution in [-0.4, -0.2) is 32.9 Å². The van der Waals surface area contributed by atoms with Crippen molar-refractivity contribution in [1.82, 2.24) is 5.32 Å². The van der Waals surface area contributed by atoms with Crippen molar-refractivity contribution >= 4 is 15.9 Å². The molecule has 1 aliphatic rings. The van der Waals surface area contributed by atoms with Crippen molar-refractivity contribution < 1.29 is 14.2 Å². The highest BCUT2D eigenvalue weighted by Crippen LogP contribution is 2.37. The number of rotatable bonds is 4. The van der Waals surface area contributed by atoms with Gasteiger partial charge in [0.2, 0.25) is 0 Å². The average Bonchev–Trinajstić information content (AvgIpc) is 2.39. The quantitative estimate of drug-likeness (QED) is 0.921. The molecule has 1 aliphatic heterocycles. The van der Waals surface area contributed by atoms with E-state index in [1.165, 1.54) is 0 Å². The van der Waals surface area contributed by atoms with E-state index < -0.39 is 0 Å². The summed E-state index contributed by atoms with van der Waals surface area (Å²) in [5.41, 5.74) is 1.08. The Balaban J connectivity index is 2.29. The molecule has 1 N–H and O–H groups in total. The Bertz CT molecular complexity index is 431. The smallest absolute Gasteiger partial charge is 0.162 e. The lowest BCUT2D eigenvalue weighted by molar-refractivity contribution is 0.0271. The SMILES string of the molecule is COc1cc(C2CNCCO2)c(Br)cc1OC(C)C. The minimum Gasteiger partial charge on any atom is -0.493 e. The van der Waals surface area contributed by atoms with Crippen LogP contribution in [0, 0.1) is 0 Å². The number of halogens is 1. The van der Waals surface area contributed by atoms with Gasteiger partial charge in [-0.2, -0.15) is 0 Å². The highest BCUT2D eigenvalue weighted by atomic mass is 79.9. The van der Waals surface area contributed by atoms with Crippen LogP contribution >= 0.6 is 15.9 Å². The molecule has 1 aromatic rings. The minimum absolute atomic E-state index is 0.0464. The predicted molar refractivity (Wildman–Crippen MR) is 78.0 cm³/mol. The van der Waals surface area contributed by atoms with Crippen molar-refractivity contribution in [2.24, 2.45) is 0 Å². The second-order valence-electron chi connectivity index (χ2n) is 4.75. The van der Waals surface area contributed by atoms with Gasteiger partial charge >= 0.3 is 0 Å². The summed E-state index contributed by atoms with van der Waals surface area (Å²) >= 11 is 3.59. The number of ether oxygens (including phenoxy) is 3. The van der Waals surface area contributed by atoms with Gasteiger partial charge in [-0.25, -0.2) is 0 Å². The topological polar surface area (TPSA) is 39.7 Å². The van der Waals surface area contributed by atoms with Gasteiger partial charge in [-0.15, -0.1) is 0 Å². The van der Waals surface area contributed by atoms with Gasteiger partial charge < -0.3 is 19.5 Å². The number of benzene rings is 1. The molecule has 1 unspecified atom stereocenters. The maximum Gasteiger partial charge on any atom is 0.162 e. The second-order valence-corrected chi connectivity index (χ2v) is 5.61. The fraction of sp³-hybridized carbons (Fsp3) is 0.571. The van der Waals surface area contributed by atoms with Crippen LogP contribution < -0.4 is 14.8 Å². The Morgan fingerprint density at radius 1 is 1.37 bits per heavy atom. The van der Waals surface area contributed by atoms with E-state index in [9.17, 15) is 0 Å². The number of morpholine rings is 1. The summed E-state index contributed by atoms with van der Waals surface area (Å²) in [6.07, 6.45) is 0.157. The third-order valence-electron chi connectivity index (χ3n) is 2.92. The first-order valence-corrected chi connectivity index (χ1v) is 7.27. The van der Waals surface area contributed by atoms with E-state index in [1.54, 1.807) is 7.11 Å². The molecule has 1 heterocycles. The molecule has 2 rings (SSSR count). The summed E-state index contributed by atoms with van der Waals surface area (Å²) in [4.78, 5) is 0. The fourth-order valence-corrected chi connectivity index (χ4v) is 2.65. The van der Waals surface area contributed by atoms with Gasteiger partial charge in [0.1, 0.15) is 0 Å². The van der Waals surface area contributed by atoms with E-state index in [0.29, 0.717) is 0 Å². The van der Waals surface area contributed by atoms with E-state index in [-0.39, 0.29) is 12.2 Å². The molecule has 0 saturated carbocycles. The molecule has 0 bridgehead atoms. The normalized spacial score (nSPS) is 19.5. The van der Waals surface area contributed by atoms with E-state index in [4.69, 9.17) is 14.2 Å². The summed E-state index contributed by atoms with van der Waals surface area (Å²) in [6.45, 7) is 6.43. The molecule has 0 amide bonds. The molecule has 1 aromatic carbocycles. The third kappa shape index (κ3) is 3.61. The van der Waals surface area contributed by atoms with Crippen LogP contribution in [0.3, 0.4) is 0 Å². The summed E-state index contributed by atoms with van der Waals surface area (Å²) in [5, 5.41) is 3.33. The average molecular weight is 330 g/mol. The second kappa shape index (κ2) is 6.59. The van der Waals surface area contributed by atoms with Gasteiger partial charge in [-0.3, -0.25) is 0 Å². The van der Waals surface area contributed by atoms with E-state index >= 15 is 0 Å². The number of hydrogen-bond acceptors (Lipinski definition) is 4. The van der Waals surface area contributed by atoms with Crippen molar-refractivity contribution in [1.29, 1.82) is 0 Å². The van der Waals surface area contributed by atoms with Gasteiger partial charge in [0.15, 0.2) is 11.5 Å². The highest BCUT2D eigenvalue weighted by Gasteiger charge is 2.21. The first-order valence-electron chi connectivity index (χ1n) is 6.48.